The van der Waals surface area contributed by atoms with Gasteiger partial charge in [0.1, 0.15) is 17.5 Å². The van der Waals surface area contributed by atoms with E-state index in [2.05, 4.69) is 16.4 Å². The van der Waals surface area contributed by atoms with Crippen LogP contribution in [0.2, 0.25) is 0 Å². The van der Waals surface area contributed by atoms with Gasteiger partial charge in [-0.2, -0.15) is 5.26 Å². The number of hydrogen-bond acceptors (Lipinski definition) is 7. The van der Waals surface area contributed by atoms with E-state index in [-0.39, 0.29) is 38.6 Å². The van der Waals surface area contributed by atoms with E-state index in [0.717, 1.165) is 29.7 Å². The summed E-state index contributed by atoms with van der Waals surface area (Å²) in [5.74, 6) is 1.03. The average Bonchev–Trinajstić information content (AvgIpc) is 3.38. The number of oxazole rings is 1. The largest absolute Gasteiger partial charge is 0.495 e. The number of nitrogens with one attached hydrogen (secondary N) is 2. The lowest BCUT2D eigenvalue weighted by molar-refractivity contribution is 0.409. The topological polar surface area (TPSA) is 121 Å². The van der Waals surface area contributed by atoms with Crippen molar-refractivity contribution in [1.29, 1.82) is 10.7 Å². The number of rotatable bonds is 5. The molecule has 29 heavy (non-hydrogen) atoms. The van der Waals surface area contributed by atoms with E-state index >= 15 is 0 Å². The standard InChI is InChI=1S/C21H19N5O2.HI.2H2/c1-27-21-12(9-22)2-4-14-15(21)5-7-18(14)26-13-3-6-17(23)16(8-13)20(24)19-10-25-11-28-19;;;/h2-4,6,8,10-11,18,24,26H,5,7,23H2,1H3;3*1H/t18-;;;/m1.../s1. The number of nitriles is 1. The second-order valence-electron chi connectivity index (χ2n) is 6.60. The quantitative estimate of drug-likeness (QED) is 0.261. The van der Waals surface area contributed by atoms with Crippen molar-refractivity contribution in [3.63, 3.8) is 0 Å². The number of nitrogens with two attached hydrogens (primary N) is 1. The fraction of sp³-hybridized carbons (Fsp3) is 0.190. The van der Waals surface area contributed by atoms with E-state index < -0.39 is 0 Å². The lowest BCUT2D eigenvalue weighted by Gasteiger charge is -2.18. The number of ether oxygens (including phenoxy) is 1. The fourth-order valence-corrected chi connectivity index (χ4v) is 3.68. The maximum Gasteiger partial charge on any atom is 0.181 e. The minimum atomic E-state index is 0. The monoisotopic (exact) mass is 505 g/mol. The second kappa shape index (κ2) is 8.53. The number of halogens is 1. The lowest BCUT2D eigenvalue weighted by Crippen LogP contribution is -2.10. The molecular weight excluding hydrogens is 481 g/mol. The lowest BCUT2D eigenvalue weighted by atomic mass is 10.0. The van der Waals surface area contributed by atoms with Crippen molar-refractivity contribution >= 4 is 41.1 Å². The summed E-state index contributed by atoms with van der Waals surface area (Å²) < 4.78 is 10.7. The van der Waals surface area contributed by atoms with Crippen LogP contribution in [0.4, 0.5) is 11.4 Å². The molecule has 0 fully saturated rings. The van der Waals surface area contributed by atoms with E-state index in [1.165, 1.54) is 12.6 Å². The first-order chi connectivity index (χ1) is 13.6. The first-order valence-corrected chi connectivity index (χ1v) is 8.86. The van der Waals surface area contributed by atoms with Crippen LogP contribution in [-0.2, 0) is 6.42 Å². The van der Waals surface area contributed by atoms with E-state index in [1.54, 1.807) is 19.2 Å². The summed E-state index contributed by atoms with van der Waals surface area (Å²) in [7, 11) is 1.60. The van der Waals surface area contributed by atoms with Gasteiger partial charge in [0.05, 0.1) is 24.9 Å². The van der Waals surface area contributed by atoms with Crippen LogP contribution < -0.4 is 15.8 Å². The van der Waals surface area contributed by atoms with Crippen molar-refractivity contribution in [3.8, 4) is 11.8 Å². The van der Waals surface area contributed by atoms with E-state index in [0.29, 0.717) is 28.3 Å². The average molecular weight is 505 g/mol. The Labute approximate surface area is 188 Å². The molecule has 1 aliphatic rings. The van der Waals surface area contributed by atoms with E-state index in [9.17, 15) is 5.26 Å². The molecular formula is C21H24IN5O2. The van der Waals surface area contributed by atoms with Crippen molar-refractivity contribution in [2.24, 2.45) is 0 Å². The minimum Gasteiger partial charge on any atom is -0.495 e. The summed E-state index contributed by atoms with van der Waals surface area (Å²) in [4.78, 5) is 3.86. The van der Waals surface area contributed by atoms with Crippen molar-refractivity contribution in [1.82, 2.24) is 4.98 Å². The molecule has 1 atom stereocenters. The summed E-state index contributed by atoms with van der Waals surface area (Å²) in [6, 6.07) is 11.6. The molecule has 152 valence electrons. The van der Waals surface area contributed by atoms with E-state index in [1.807, 2.05) is 18.2 Å². The Morgan fingerprint density at radius 1 is 1.41 bits per heavy atom. The maximum atomic E-state index is 9.28. The zero-order chi connectivity index (χ0) is 19.7. The van der Waals surface area contributed by atoms with Crippen molar-refractivity contribution < 1.29 is 12.0 Å². The second-order valence-corrected chi connectivity index (χ2v) is 6.60. The molecule has 0 bridgehead atoms. The van der Waals surface area contributed by atoms with Gasteiger partial charge in [0.25, 0.3) is 0 Å². The summed E-state index contributed by atoms with van der Waals surface area (Å²) in [5, 5.41) is 21.1. The number of anilines is 2. The first kappa shape index (κ1) is 20.7. The van der Waals surface area contributed by atoms with Gasteiger partial charge in [-0.05, 0) is 42.7 Å². The van der Waals surface area contributed by atoms with Crippen LogP contribution in [-0.4, -0.2) is 17.8 Å². The predicted molar refractivity (Wildman–Crippen MR) is 125 cm³/mol. The number of nitrogens with zero attached hydrogens (tertiary/aromatic N) is 2. The molecule has 3 aromatic rings. The molecule has 0 radical (unpaired) electrons. The highest BCUT2D eigenvalue weighted by Gasteiger charge is 2.27. The normalized spacial score (nSPS) is 14.4. The molecule has 4 N–H and O–H groups in total. The third-order valence-corrected chi connectivity index (χ3v) is 5.02. The number of hydrogen-bond donors (Lipinski definition) is 3. The molecule has 0 spiro atoms. The van der Waals surface area contributed by atoms with Crippen molar-refractivity contribution in [2.75, 3.05) is 18.2 Å². The number of aromatic nitrogens is 1. The molecule has 0 amide bonds. The Balaban J connectivity index is 0.00000160. The summed E-state index contributed by atoms with van der Waals surface area (Å²) in [6.45, 7) is 0. The molecule has 1 heterocycles. The molecule has 0 aliphatic heterocycles. The Morgan fingerprint density at radius 3 is 2.93 bits per heavy atom. The van der Waals surface area contributed by atoms with Crippen LogP contribution in [0.1, 0.15) is 43.3 Å². The highest BCUT2D eigenvalue weighted by atomic mass is 127. The zero-order valence-corrected chi connectivity index (χ0v) is 18.1. The fourth-order valence-electron chi connectivity index (χ4n) is 3.68. The molecule has 7 nitrogen and oxygen atoms in total. The number of methoxy groups -OCH3 is 1. The van der Waals surface area contributed by atoms with Gasteiger partial charge in [0.2, 0.25) is 0 Å². The summed E-state index contributed by atoms with van der Waals surface area (Å²) >= 11 is 0. The highest BCUT2D eigenvalue weighted by molar-refractivity contribution is 14.0. The van der Waals surface area contributed by atoms with Crippen LogP contribution in [0, 0.1) is 16.7 Å². The van der Waals surface area contributed by atoms with E-state index in [4.69, 9.17) is 20.3 Å². The smallest absolute Gasteiger partial charge is 0.181 e. The van der Waals surface area contributed by atoms with Gasteiger partial charge in [0, 0.05) is 25.4 Å². The third-order valence-electron chi connectivity index (χ3n) is 5.02. The minimum absolute atomic E-state index is 0. The molecule has 1 aliphatic carbocycles. The van der Waals surface area contributed by atoms with Gasteiger partial charge >= 0.3 is 0 Å². The Kier molecular flexibility index (Phi) is 6.08. The van der Waals surface area contributed by atoms with Gasteiger partial charge in [0.15, 0.2) is 12.2 Å². The Hall–Kier alpha value is -3.06. The van der Waals surface area contributed by atoms with Crippen LogP contribution >= 0.6 is 24.0 Å². The molecule has 4 rings (SSSR count). The molecule has 0 saturated carbocycles. The first-order valence-electron chi connectivity index (χ1n) is 8.86. The number of nitrogen functional groups attached to an aromatic ring is 1. The zero-order valence-electron chi connectivity index (χ0n) is 15.7. The van der Waals surface area contributed by atoms with Crippen molar-refractivity contribution in [2.45, 2.75) is 18.9 Å². The Morgan fingerprint density at radius 2 is 2.24 bits per heavy atom. The van der Waals surface area contributed by atoms with Gasteiger partial charge in [-0.1, -0.05) is 6.07 Å². The van der Waals surface area contributed by atoms with Crippen LogP contribution in [0.25, 0.3) is 0 Å². The van der Waals surface area contributed by atoms with Gasteiger partial charge < -0.3 is 20.2 Å². The third kappa shape index (κ3) is 3.78. The van der Waals surface area contributed by atoms with Gasteiger partial charge in [-0.15, -0.1) is 24.0 Å². The van der Waals surface area contributed by atoms with Crippen molar-refractivity contribution in [3.05, 3.63) is 70.9 Å². The molecule has 1 aromatic heterocycles. The highest BCUT2D eigenvalue weighted by Crippen LogP contribution is 2.40. The molecule has 8 heteroatoms. The van der Waals surface area contributed by atoms with Crippen LogP contribution in [0.15, 0.2) is 47.3 Å². The van der Waals surface area contributed by atoms with Gasteiger partial charge in [-0.3, -0.25) is 5.41 Å². The summed E-state index contributed by atoms with van der Waals surface area (Å²) in [5.41, 5.74) is 10.9. The maximum absolute atomic E-state index is 9.28. The molecule has 0 saturated heterocycles. The molecule has 2 aromatic carbocycles. The summed E-state index contributed by atoms with van der Waals surface area (Å²) in [6.07, 6.45) is 4.51. The number of benzene rings is 2. The molecule has 0 unspecified atom stereocenters. The predicted octanol–water partition coefficient (Wildman–Crippen LogP) is 4.76. The number of fused-ring (bicyclic) bond motifs is 1. The van der Waals surface area contributed by atoms with Crippen LogP contribution in [0.3, 0.4) is 0 Å². The Bertz CT molecular complexity index is 1100. The SMILES string of the molecule is COc1c(C#N)ccc2c1CC[C@H]2Nc1ccc(N)c(C(=N)c2cnco2)c1.I.[HH].[HH]. The van der Waals surface area contributed by atoms with Gasteiger partial charge in [-0.25, -0.2) is 4.98 Å². The van der Waals surface area contributed by atoms with Crippen LogP contribution in [0.5, 0.6) is 5.75 Å².